The number of Topliss-reactive ketones (excluding diaryl/α,β-unsaturated/α-hetero) is 1. The van der Waals surface area contributed by atoms with Crippen LogP contribution in [0.5, 0.6) is 0 Å². The molecular weight excluding hydrogens is 270 g/mol. The van der Waals surface area contributed by atoms with Crippen LogP contribution in [-0.4, -0.2) is 30.3 Å². The molecule has 1 saturated heterocycles. The van der Waals surface area contributed by atoms with Gasteiger partial charge in [-0.15, -0.1) is 0 Å². The first-order valence-corrected chi connectivity index (χ1v) is 8.60. The maximum absolute atomic E-state index is 13.1. The van der Waals surface area contributed by atoms with Crippen molar-refractivity contribution in [3.8, 4) is 0 Å². The van der Waals surface area contributed by atoms with E-state index in [9.17, 15) is 4.79 Å². The van der Waals surface area contributed by atoms with Crippen molar-refractivity contribution >= 4 is 16.6 Å². The molecule has 1 unspecified atom stereocenters. The van der Waals surface area contributed by atoms with Crippen LogP contribution in [-0.2, 0) is 6.42 Å². The van der Waals surface area contributed by atoms with E-state index >= 15 is 0 Å². The van der Waals surface area contributed by atoms with E-state index in [2.05, 4.69) is 29.2 Å². The summed E-state index contributed by atoms with van der Waals surface area (Å²) < 4.78 is 0. The molecule has 0 spiro atoms. The van der Waals surface area contributed by atoms with Crippen LogP contribution in [0.2, 0.25) is 0 Å². The maximum atomic E-state index is 13.1. The van der Waals surface area contributed by atoms with E-state index in [4.69, 9.17) is 0 Å². The Morgan fingerprint density at radius 3 is 2.68 bits per heavy atom. The molecule has 0 amide bonds. The molecule has 22 heavy (non-hydrogen) atoms. The van der Waals surface area contributed by atoms with E-state index in [-0.39, 0.29) is 5.92 Å². The molecule has 1 aliphatic heterocycles. The number of likely N-dealkylation sites (tertiary alicyclic amines) is 1. The van der Waals surface area contributed by atoms with Crippen LogP contribution in [0.4, 0.5) is 0 Å². The summed E-state index contributed by atoms with van der Waals surface area (Å²) in [6.45, 7) is 3.31. The highest BCUT2D eigenvalue weighted by atomic mass is 16.1. The van der Waals surface area contributed by atoms with Crippen LogP contribution in [0.3, 0.4) is 0 Å². The van der Waals surface area contributed by atoms with E-state index < -0.39 is 0 Å². The zero-order valence-corrected chi connectivity index (χ0v) is 13.1. The first-order valence-electron chi connectivity index (χ1n) is 8.60. The third-order valence-corrected chi connectivity index (χ3v) is 5.32. The molecule has 1 atom stereocenters. The number of ketones is 1. The molecule has 4 rings (SSSR count). The minimum atomic E-state index is 0.191. The van der Waals surface area contributed by atoms with Crippen molar-refractivity contribution in [1.82, 2.24) is 4.90 Å². The zero-order valence-electron chi connectivity index (χ0n) is 13.1. The van der Waals surface area contributed by atoms with E-state index in [0.717, 1.165) is 30.3 Å². The smallest absolute Gasteiger partial charge is 0.168 e. The molecule has 0 aromatic heterocycles. The number of nitrogens with zero attached hydrogens (tertiary/aromatic N) is 1. The quantitative estimate of drug-likeness (QED) is 0.832. The molecule has 2 heteroatoms. The van der Waals surface area contributed by atoms with Crippen LogP contribution in [0, 0.1) is 5.92 Å². The van der Waals surface area contributed by atoms with Gasteiger partial charge in [0.2, 0.25) is 0 Å². The number of hydrogen-bond donors (Lipinski definition) is 0. The molecule has 0 bridgehead atoms. The van der Waals surface area contributed by atoms with Gasteiger partial charge in [0.1, 0.15) is 0 Å². The number of fused-ring (bicyclic) bond motifs is 3. The standard InChI is InChI=1S/C20H23NO/c22-20-17(14-21-12-4-1-5-13-21)11-10-16-9-8-15-6-2-3-7-18(15)19(16)20/h2-3,6-9,17H,1,4-5,10-14H2. The summed E-state index contributed by atoms with van der Waals surface area (Å²) in [6.07, 6.45) is 5.99. The number of piperidine rings is 1. The van der Waals surface area contributed by atoms with Crippen molar-refractivity contribution in [1.29, 1.82) is 0 Å². The van der Waals surface area contributed by atoms with E-state index in [0.29, 0.717) is 5.78 Å². The van der Waals surface area contributed by atoms with E-state index in [1.807, 2.05) is 12.1 Å². The summed E-state index contributed by atoms with van der Waals surface area (Å²) in [6, 6.07) is 12.6. The molecule has 0 saturated carbocycles. The predicted molar refractivity (Wildman–Crippen MR) is 90.4 cm³/mol. The Morgan fingerprint density at radius 2 is 1.82 bits per heavy atom. The maximum Gasteiger partial charge on any atom is 0.168 e. The van der Waals surface area contributed by atoms with Gasteiger partial charge in [0.05, 0.1) is 0 Å². The lowest BCUT2D eigenvalue weighted by atomic mass is 9.80. The Hall–Kier alpha value is -1.67. The first-order chi connectivity index (χ1) is 10.8. The second-order valence-corrected chi connectivity index (χ2v) is 6.78. The summed E-state index contributed by atoms with van der Waals surface area (Å²) in [7, 11) is 0. The molecule has 114 valence electrons. The van der Waals surface area contributed by atoms with Gasteiger partial charge in [-0.1, -0.05) is 42.8 Å². The normalized spacial score (nSPS) is 22.7. The molecule has 2 aromatic rings. The topological polar surface area (TPSA) is 20.3 Å². The third kappa shape index (κ3) is 2.46. The van der Waals surface area contributed by atoms with E-state index in [1.54, 1.807) is 0 Å². The molecule has 1 aliphatic carbocycles. The SMILES string of the molecule is O=C1c2c(ccc3ccccc23)CCC1CN1CCCCC1. The Balaban J connectivity index is 1.65. The van der Waals surface area contributed by atoms with Gasteiger partial charge < -0.3 is 4.90 Å². The van der Waals surface area contributed by atoms with E-state index in [1.165, 1.54) is 43.3 Å². The highest BCUT2D eigenvalue weighted by Crippen LogP contribution is 2.32. The van der Waals surface area contributed by atoms with Gasteiger partial charge >= 0.3 is 0 Å². The summed E-state index contributed by atoms with van der Waals surface area (Å²) in [4.78, 5) is 15.6. The largest absolute Gasteiger partial charge is 0.303 e. The number of carbonyl (C=O) groups is 1. The van der Waals surface area contributed by atoms with Gasteiger partial charge in [0.25, 0.3) is 0 Å². The molecular formula is C20H23NO. The van der Waals surface area contributed by atoms with Gasteiger partial charge in [-0.25, -0.2) is 0 Å². The highest BCUT2D eigenvalue weighted by molar-refractivity contribution is 6.11. The van der Waals surface area contributed by atoms with Gasteiger partial charge in [0, 0.05) is 18.0 Å². The lowest BCUT2D eigenvalue weighted by molar-refractivity contribution is 0.0847. The van der Waals surface area contributed by atoms with Gasteiger partial charge in [-0.05, 0) is 55.1 Å². The number of benzene rings is 2. The van der Waals surface area contributed by atoms with Crippen molar-refractivity contribution in [3.05, 3.63) is 47.5 Å². The second kappa shape index (κ2) is 5.85. The van der Waals surface area contributed by atoms with Crippen molar-refractivity contribution in [3.63, 3.8) is 0 Å². The highest BCUT2D eigenvalue weighted by Gasteiger charge is 2.30. The molecule has 2 aliphatic rings. The first kappa shape index (κ1) is 14.0. The van der Waals surface area contributed by atoms with Crippen LogP contribution >= 0.6 is 0 Å². The second-order valence-electron chi connectivity index (χ2n) is 6.78. The number of rotatable bonds is 2. The minimum Gasteiger partial charge on any atom is -0.303 e. The van der Waals surface area contributed by atoms with Crippen LogP contribution < -0.4 is 0 Å². The molecule has 1 fully saturated rings. The summed E-state index contributed by atoms with van der Waals surface area (Å²) in [5, 5.41) is 2.33. The summed E-state index contributed by atoms with van der Waals surface area (Å²) >= 11 is 0. The number of aryl methyl sites for hydroxylation is 1. The molecule has 2 aromatic carbocycles. The van der Waals surface area contributed by atoms with Crippen LogP contribution in [0.15, 0.2) is 36.4 Å². The average molecular weight is 293 g/mol. The fourth-order valence-electron chi connectivity index (χ4n) is 4.11. The van der Waals surface area contributed by atoms with Crippen molar-refractivity contribution in [2.24, 2.45) is 5.92 Å². The monoisotopic (exact) mass is 293 g/mol. The lowest BCUT2D eigenvalue weighted by Gasteiger charge is -2.32. The van der Waals surface area contributed by atoms with Crippen molar-refractivity contribution in [2.75, 3.05) is 19.6 Å². The number of carbonyl (C=O) groups excluding carboxylic acids is 1. The van der Waals surface area contributed by atoms with Crippen LogP contribution in [0.25, 0.3) is 10.8 Å². The zero-order chi connectivity index (χ0) is 14.9. The molecule has 0 radical (unpaired) electrons. The van der Waals surface area contributed by atoms with Crippen LogP contribution in [0.1, 0.15) is 41.6 Å². The van der Waals surface area contributed by atoms with Gasteiger partial charge in [0.15, 0.2) is 5.78 Å². The van der Waals surface area contributed by atoms with Crippen molar-refractivity contribution in [2.45, 2.75) is 32.1 Å². The fraction of sp³-hybridized carbons (Fsp3) is 0.450. The fourth-order valence-corrected chi connectivity index (χ4v) is 4.11. The molecule has 2 nitrogen and oxygen atoms in total. The Bertz CT molecular complexity index is 700. The Labute approximate surface area is 132 Å². The Morgan fingerprint density at radius 1 is 1.00 bits per heavy atom. The summed E-state index contributed by atoms with van der Waals surface area (Å²) in [5.41, 5.74) is 2.25. The van der Waals surface area contributed by atoms with Crippen molar-refractivity contribution < 1.29 is 4.79 Å². The van der Waals surface area contributed by atoms with Gasteiger partial charge in [-0.3, -0.25) is 4.79 Å². The number of hydrogen-bond acceptors (Lipinski definition) is 2. The minimum absolute atomic E-state index is 0.191. The summed E-state index contributed by atoms with van der Waals surface area (Å²) in [5.74, 6) is 0.569. The Kier molecular flexibility index (Phi) is 3.71. The third-order valence-electron chi connectivity index (χ3n) is 5.32. The van der Waals surface area contributed by atoms with Gasteiger partial charge in [-0.2, -0.15) is 0 Å². The predicted octanol–water partition coefficient (Wildman–Crippen LogP) is 4.07. The average Bonchev–Trinajstić information content (AvgIpc) is 2.58. The lowest BCUT2D eigenvalue weighted by Crippen LogP contribution is -2.38. The molecule has 1 heterocycles. The molecule has 0 N–H and O–H groups in total.